The van der Waals surface area contributed by atoms with E-state index in [4.69, 9.17) is 14.0 Å². The molecule has 1 saturated carbocycles. The number of nitriles is 1. The van der Waals surface area contributed by atoms with Crippen molar-refractivity contribution in [3.63, 3.8) is 0 Å². The van der Waals surface area contributed by atoms with Gasteiger partial charge in [-0.3, -0.25) is 5.32 Å². The number of fused-ring (bicyclic) bond motifs is 1. The van der Waals surface area contributed by atoms with Crippen LogP contribution < -0.4 is 10.1 Å². The molecule has 0 radical (unpaired) electrons. The summed E-state index contributed by atoms with van der Waals surface area (Å²) in [6.45, 7) is 5.78. The highest BCUT2D eigenvalue weighted by Gasteiger charge is 2.28. The Kier molecular flexibility index (Phi) is 6.82. The minimum Gasteiger partial charge on any atom is -0.493 e. The van der Waals surface area contributed by atoms with E-state index in [9.17, 15) is 10.1 Å². The number of amides is 1. The van der Waals surface area contributed by atoms with Gasteiger partial charge in [-0.1, -0.05) is 17.3 Å². The van der Waals surface area contributed by atoms with E-state index in [-0.39, 0.29) is 6.10 Å². The zero-order chi connectivity index (χ0) is 25.9. The van der Waals surface area contributed by atoms with Gasteiger partial charge in [0.25, 0.3) is 0 Å². The molecule has 2 aromatic carbocycles. The molecule has 0 aliphatic heterocycles. The van der Waals surface area contributed by atoms with Gasteiger partial charge >= 0.3 is 6.09 Å². The summed E-state index contributed by atoms with van der Waals surface area (Å²) >= 11 is 0. The van der Waals surface area contributed by atoms with Crippen LogP contribution >= 0.6 is 0 Å². The van der Waals surface area contributed by atoms with Crippen molar-refractivity contribution in [2.45, 2.75) is 58.6 Å². The lowest BCUT2D eigenvalue weighted by Crippen LogP contribution is -2.18. The molecule has 0 atom stereocenters. The standard InChI is InChI=1S/C28H29N5O4/c1-17(2)36-28(34)31-20-9-7-19(8-10-20)27-24(16-29)23-12-11-22(15-25(23)33(27)21-5-4-6-21)35-14-13-26-30-18(3)37-32-26/h7-12,15,17,21H,4-6,13-14H2,1-3H3,(H,31,34). The highest BCUT2D eigenvalue weighted by atomic mass is 16.6. The Labute approximate surface area is 215 Å². The summed E-state index contributed by atoms with van der Waals surface area (Å²) in [6.07, 6.45) is 3.12. The number of carbonyl (C=O) groups is 1. The Hall–Kier alpha value is -4.32. The van der Waals surface area contributed by atoms with E-state index in [2.05, 4.69) is 26.1 Å². The molecule has 1 aliphatic rings. The molecule has 5 rings (SSSR count). The van der Waals surface area contributed by atoms with E-state index in [0.29, 0.717) is 42.0 Å². The molecule has 37 heavy (non-hydrogen) atoms. The fourth-order valence-electron chi connectivity index (χ4n) is 4.58. The molecule has 2 heterocycles. The summed E-state index contributed by atoms with van der Waals surface area (Å²) in [6, 6.07) is 16.1. The summed E-state index contributed by atoms with van der Waals surface area (Å²) in [5.74, 6) is 1.87. The maximum atomic E-state index is 12.0. The highest BCUT2D eigenvalue weighted by Crippen LogP contribution is 2.43. The summed E-state index contributed by atoms with van der Waals surface area (Å²) in [5, 5.41) is 17.7. The molecular weight excluding hydrogens is 470 g/mol. The lowest BCUT2D eigenvalue weighted by Gasteiger charge is -2.30. The summed E-state index contributed by atoms with van der Waals surface area (Å²) < 4.78 is 18.5. The first-order valence-corrected chi connectivity index (χ1v) is 12.5. The molecule has 190 valence electrons. The molecule has 1 amide bonds. The van der Waals surface area contributed by atoms with Gasteiger partial charge in [0.15, 0.2) is 5.82 Å². The van der Waals surface area contributed by atoms with Crippen LogP contribution in [0.5, 0.6) is 5.75 Å². The third-order valence-electron chi connectivity index (χ3n) is 6.44. The van der Waals surface area contributed by atoms with Crippen molar-refractivity contribution in [3.05, 3.63) is 59.7 Å². The first-order chi connectivity index (χ1) is 17.9. The minimum atomic E-state index is -0.494. The number of aromatic nitrogens is 3. The van der Waals surface area contributed by atoms with Crippen LogP contribution in [0.4, 0.5) is 10.5 Å². The first kappa shape index (κ1) is 24.4. The number of nitrogens with zero attached hydrogens (tertiary/aromatic N) is 4. The van der Waals surface area contributed by atoms with Crippen LogP contribution in [0.2, 0.25) is 0 Å². The Morgan fingerprint density at radius 3 is 2.65 bits per heavy atom. The van der Waals surface area contributed by atoms with Crippen LogP contribution in [0.15, 0.2) is 47.0 Å². The van der Waals surface area contributed by atoms with Gasteiger partial charge in [0.05, 0.1) is 29.5 Å². The molecule has 1 N–H and O–H groups in total. The van der Waals surface area contributed by atoms with Crippen molar-refractivity contribution < 1.29 is 18.8 Å². The van der Waals surface area contributed by atoms with Crippen molar-refractivity contribution >= 4 is 22.7 Å². The SMILES string of the molecule is Cc1nc(CCOc2ccc3c(C#N)c(-c4ccc(NC(=O)OC(C)C)cc4)n(C4CCC4)c3c2)no1. The lowest BCUT2D eigenvalue weighted by atomic mass is 9.92. The number of anilines is 1. The Morgan fingerprint density at radius 1 is 1.24 bits per heavy atom. The lowest BCUT2D eigenvalue weighted by molar-refractivity contribution is 0.130. The molecular formula is C28H29N5O4. The van der Waals surface area contributed by atoms with Crippen LogP contribution in [0, 0.1) is 18.3 Å². The van der Waals surface area contributed by atoms with Gasteiger partial charge in [0, 0.05) is 36.5 Å². The predicted molar refractivity (Wildman–Crippen MR) is 138 cm³/mol. The normalized spacial score (nSPS) is 13.4. The third kappa shape index (κ3) is 5.14. The topological polar surface area (TPSA) is 115 Å². The van der Waals surface area contributed by atoms with Crippen LogP contribution in [-0.2, 0) is 11.2 Å². The maximum Gasteiger partial charge on any atom is 0.411 e. The number of ether oxygens (including phenoxy) is 2. The zero-order valence-electron chi connectivity index (χ0n) is 21.2. The second kappa shape index (κ2) is 10.3. The minimum absolute atomic E-state index is 0.201. The summed E-state index contributed by atoms with van der Waals surface area (Å²) in [4.78, 5) is 16.2. The molecule has 0 spiro atoms. The Balaban J connectivity index is 1.45. The van der Waals surface area contributed by atoms with Gasteiger partial charge in [0.1, 0.15) is 11.8 Å². The Bertz CT molecular complexity index is 1460. The van der Waals surface area contributed by atoms with Crippen molar-refractivity contribution in [3.8, 4) is 23.1 Å². The van der Waals surface area contributed by atoms with Gasteiger partial charge < -0.3 is 18.6 Å². The second-order valence-corrected chi connectivity index (χ2v) is 9.45. The van der Waals surface area contributed by atoms with Gasteiger partial charge in [-0.25, -0.2) is 4.79 Å². The van der Waals surface area contributed by atoms with Gasteiger partial charge in [-0.15, -0.1) is 0 Å². The van der Waals surface area contributed by atoms with Gasteiger partial charge in [-0.2, -0.15) is 10.2 Å². The van der Waals surface area contributed by atoms with E-state index >= 15 is 0 Å². The molecule has 9 heteroatoms. The molecule has 9 nitrogen and oxygen atoms in total. The highest BCUT2D eigenvalue weighted by molar-refractivity contribution is 5.96. The first-order valence-electron chi connectivity index (χ1n) is 12.5. The number of aryl methyl sites for hydroxylation is 1. The smallest absolute Gasteiger partial charge is 0.411 e. The van der Waals surface area contributed by atoms with E-state index < -0.39 is 6.09 Å². The monoisotopic (exact) mass is 499 g/mol. The van der Waals surface area contributed by atoms with Crippen molar-refractivity contribution in [1.29, 1.82) is 5.26 Å². The molecule has 1 fully saturated rings. The van der Waals surface area contributed by atoms with Crippen LogP contribution in [0.3, 0.4) is 0 Å². The predicted octanol–water partition coefficient (Wildman–Crippen LogP) is 6.17. The molecule has 1 aliphatic carbocycles. The van der Waals surface area contributed by atoms with E-state index in [1.807, 2.05) is 42.5 Å². The van der Waals surface area contributed by atoms with Crippen molar-refractivity contribution in [1.82, 2.24) is 14.7 Å². The summed E-state index contributed by atoms with van der Waals surface area (Å²) in [5.41, 5.74) is 4.05. The fraction of sp³-hybridized carbons (Fsp3) is 0.357. The maximum absolute atomic E-state index is 12.0. The van der Waals surface area contributed by atoms with Crippen molar-refractivity contribution in [2.24, 2.45) is 0 Å². The number of benzene rings is 2. The van der Waals surface area contributed by atoms with Gasteiger partial charge in [0.2, 0.25) is 5.89 Å². The van der Waals surface area contributed by atoms with Crippen LogP contribution in [0.1, 0.15) is 56.4 Å². The average Bonchev–Trinajstić information content (AvgIpc) is 3.38. The molecule has 0 bridgehead atoms. The number of carbonyl (C=O) groups excluding carboxylic acids is 1. The van der Waals surface area contributed by atoms with E-state index in [0.717, 1.165) is 47.2 Å². The number of hydrogen-bond acceptors (Lipinski definition) is 7. The second-order valence-electron chi connectivity index (χ2n) is 9.45. The molecule has 2 aromatic heterocycles. The van der Waals surface area contributed by atoms with Crippen molar-refractivity contribution in [2.75, 3.05) is 11.9 Å². The van der Waals surface area contributed by atoms with Crippen LogP contribution in [-0.4, -0.2) is 33.5 Å². The number of hydrogen-bond donors (Lipinski definition) is 1. The Morgan fingerprint density at radius 2 is 2.03 bits per heavy atom. The molecule has 0 unspecified atom stereocenters. The largest absolute Gasteiger partial charge is 0.493 e. The third-order valence-corrected chi connectivity index (χ3v) is 6.44. The summed E-state index contributed by atoms with van der Waals surface area (Å²) in [7, 11) is 0. The zero-order valence-corrected chi connectivity index (χ0v) is 21.2. The van der Waals surface area contributed by atoms with Crippen LogP contribution in [0.25, 0.3) is 22.2 Å². The molecule has 4 aromatic rings. The average molecular weight is 500 g/mol. The van der Waals surface area contributed by atoms with Gasteiger partial charge in [-0.05, 0) is 62.9 Å². The quantitative estimate of drug-likeness (QED) is 0.308. The number of rotatable bonds is 8. The molecule has 0 saturated heterocycles. The van der Waals surface area contributed by atoms with E-state index in [1.54, 1.807) is 20.8 Å². The van der Waals surface area contributed by atoms with E-state index in [1.165, 1.54) is 0 Å². The fourth-order valence-corrected chi connectivity index (χ4v) is 4.58. The number of nitrogens with one attached hydrogen (secondary N) is 1.